The molecule has 0 radical (unpaired) electrons. The lowest BCUT2D eigenvalue weighted by molar-refractivity contribution is -0.000227. The van der Waals surface area contributed by atoms with Gasteiger partial charge < -0.3 is 23.9 Å². The van der Waals surface area contributed by atoms with Crippen LogP contribution in [0.2, 0.25) is 0 Å². The minimum Gasteiger partial charge on any atom is -0.465 e. The Bertz CT molecular complexity index is 919. The van der Waals surface area contributed by atoms with Gasteiger partial charge >= 0.3 is 0 Å². The number of ether oxygens (including phenoxy) is 2. The molecule has 0 aliphatic carbocycles. The fraction of sp³-hybridized carbons (Fsp3) is 0.368. The van der Waals surface area contributed by atoms with Gasteiger partial charge in [0, 0.05) is 36.3 Å². The lowest BCUT2D eigenvalue weighted by Crippen LogP contribution is -2.36. The van der Waals surface area contributed by atoms with Crippen LogP contribution in [0.25, 0.3) is 23.3 Å². The largest absolute Gasteiger partial charge is 0.465 e. The minimum atomic E-state index is -0.873. The zero-order valence-corrected chi connectivity index (χ0v) is 16.5. The number of nitrogens with zero attached hydrogens (tertiary/aromatic N) is 3. The summed E-state index contributed by atoms with van der Waals surface area (Å²) in [6, 6.07) is 5.27. The van der Waals surface area contributed by atoms with Crippen LogP contribution in [-0.2, 0) is 4.74 Å². The molecule has 2 aromatic heterocycles. The predicted molar refractivity (Wildman–Crippen MR) is 107 cm³/mol. The average Bonchev–Trinajstić information content (AvgIpc) is 3.34. The summed E-state index contributed by atoms with van der Waals surface area (Å²) in [5.74, 6) is 1.05. The smallest absolute Gasteiger partial charge is 0.220 e. The maximum atomic E-state index is 9.50. The Labute approximate surface area is 166 Å². The molecule has 150 valence electrons. The topological polar surface area (TPSA) is 80.9 Å². The quantitative estimate of drug-likeness (QED) is 0.647. The van der Waals surface area contributed by atoms with Crippen molar-refractivity contribution in [3.63, 3.8) is 0 Å². The molecule has 7 nitrogen and oxygen atoms in total. The third-order valence-electron chi connectivity index (χ3n) is 3.87. The second-order valence-corrected chi connectivity index (χ2v) is 6.92. The highest BCUT2D eigenvalue weighted by Gasteiger charge is 2.14. The number of fused-ring (bicyclic) bond motifs is 1. The van der Waals surface area contributed by atoms with Crippen LogP contribution < -0.4 is 9.64 Å². The summed E-state index contributed by atoms with van der Waals surface area (Å²) in [6.45, 7) is 4.79. The van der Waals surface area contributed by atoms with E-state index >= 15 is 0 Å². The zero-order chi connectivity index (χ0) is 19.9. The van der Waals surface area contributed by atoms with Crippen molar-refractivity contribution in [1.82, 2.24) is 9.97 Å². The van der Waals surface area contributed by atoms with Crippen LogP contribution in [0.4, 0.5) is 9.52 Å². The Hall–Kier alpha value is -2.49. The van der Waals surface area contributed by atoms with Crippen LogP contribution in [0.3, 0.4) is 0 Å². The van der Waals surface area contributed by atoms with Gasteiger partial charge in [0.2, 0.25) is 5.89 Å². The van der Waals surface area contributed by atoms with Crippen molar-refractivity contribution in [1.29, 1.82) is 0 Å². The van der Waals surface area contributed by atoms with Crippen LogP contribution in [-0.4, -0.2) is 54.8 Å². The molecule has 0 spiro atoms. The number of halogens is 1. The molecular weight excluding hydrogens is 385 g/mol. The summed E-state index contributed by atoms with van der Waals surface area (Å²) in [6.07, 6.45) is 4.75. The van der Waals surface area contributed by atoms with E-state index in [9.17, 15) is 9.50 Å². The zero-order valence-electron chi connectivity index (χ0n) is 15.7. The van der Waals surface area contributed by atoms with E-state index in [-0.39, 0.29) is 0 Å². The van der Waals surface area contributed by atoms with Crippen molar-refractivity contribution >= 4 is 39.7 Å². The van der Waals surface area contributed by atoms with Crippen molar-refractivity contribution in [3.8, 4) is 5.75 Å². The lowest BCUT2D eigenvalue weighted by atomic mass is 10.3. The van der Waals surface area contributed by atoms with E-state index in [1.165, 1.54) is 0 Å². The SMILES string of the molecule is CC(O)Oc1ccc2nc(C=Cc3cnc(N4CCOCC4)s3)oc2c1.CF. The first-order chi connectivity index (χ1) is 13.7. The van der Waals surface area contributed by atoms with Gasteiger partial charge in [-0.2, -0.15) is 0 Å². The predicted octanol–water partition coefficient (Wildman–Crippen LogP) is 3.59. The maximum Gasteiger partial charge on any atom is 0.220 e. The summed E-state index contributed by atoms with van der Waals surface area (Å²) in [4.78, 5) is 12.2. The third-order valence-corrected chi connectivity index (χ3v) is 4.89. The van der Waals surface area contributed by atoms with Gasteiger partial charge in [-0.25, -0.2) is 9.97 Å². The first-order valence-electron chi connectivity index (χ1n) is 8.77. The van der Waals surface area contributed by atoms with Gasteiger partial charge in [-0.3, -0.25) is 4.39 Å². The van der Waals surface area contributed by atoms with Gasteiger partial charge in [0.25, 0.3) is 0 Å². The Kier molecular flexibility index (Phi) is 6.96. The van der Waals surface area contributed by atoms with E-state index in [1.807, 2.05) is 18.3 Å². The van der Waals surface area contributed by atoms with E-state index in [0.717, 1.165) is 41.8 Å². The second-order valence-electron chi connectivity index (χ2n) is 5.88. The second kappa shape index (κ2) is 9.63. The summed E-state index contributed by atoms with van der Waals surface area (Å²) in [5.41, 5.74) is 1.35. The van der Waals surface area contributed by atoms with Crippen molar-refractivity contribution in [2.75, 3.05) is 38.4 Å². The number of thiazole rings is 1. The molecule has 1 N–H and O–H groups in total. The summed E-state index contributed by atoms with van der Waals surface area (Å²) in [7, 11) is 0.500. The van der Waals surface area contributed by atoms with Gasteiger partial charge in [0.15, 0.2) is 17.0 Å². The van der Waals surface area contributed by atoms with Crippen LogP contribution in [0.5, 0.6) is 5.75 Å². The van der Waals surface area contributed by atoms with E-state index in [4.69, 9.17) is 13.9 Å². The molecule has 1 aliphatic rings. The number of alkyl halides is 1. The van der Waals surface area contributed by atoms with Gasteiger partial charge in [0.1, 0.15) is 11.3 Å². The Morgan fingerprint density at radius 2 is 2.07 bits per heavy atom. The normalized spacial score (nSPS) is 15.5. The van der Waals surface area contributed by atoms with E-state index in [1.54, 1.807) is 36.5 Å². The first kappa shape index (κ1) is 20.2. The molecule has 3 heterocycles. The summed E-state index contributed by atoms with van der Waals surface area (Å²) < 4.78 is 25.9. The third kappa shape index (κ3) is 5.06. The average molecular weight is 407 g/mol. The fourth-order valence-corrected chi connectivity index (χ4v) is 3.54. The Morgan fingerprint density at radius 3 is 2.82 bits per heavy atom. The van der Waals surface area contributed by atoms with E-state index in [0.29, 0.717) is 24.4 Å². The fourth-order valence-electron chi connectivity index (χ4n) is 2.67. The molecular formula is C19H22FN3O4S. The molecule has 28 heavy (non-hydrogen) atoms. The van der Waals surface area contributed by atoms with Crippen LogP contribution in [0.1, 0.15) is 17.7 Å². The number of hydrogen-bond acceptors (Lipinski definition) is 8. The molecule has 3 aromatic rings. The highest BCUT2D eigenvalue weighted by atomic mass is 32.1. The number of oxazole rings is 1. The molecule has 1 saturated heterocycles. The van der Waals surface area contributed by atoms with Gasteiger partial charge in [-0.05, 0) is 25.1 Å². The molecule has 1 aromatic carbocycles. The molecule has 0 saturated carbocycles. The minimum absolute atomic E-state index is 0.500. The van der Waals surface area contributed by atoms with Crippen LogP contribution in [0.15, 0.2) is 28.8 Å². The molecule has 0 amide bonds. The van der Waals surface area contributed by atoms with Crippen molar-refractivity contribution in [2.45, 2.75) is 13.2 Å². The molecule has 1 unspecified atom stereocenters. The standard InChI is InChI=1S/C18H19N3O4S.CH3F/c1-12(22)24-13-2-4-15-16(10-13)25-17(20-15)5-3-14-11-19-18(26-14)21-6-8-23-9-7-21;1-2/h2-5,10-12,22H,6-9H2,1H3;1H3. The number of morpholine rings is 1. The molecule has 0 bridgehead atoms. The Balaban J connectivity index is 0.00000109. The number of aliphatic hydroxyl groups excluding tert-OH is 1. The highest BCUT2D eigenvalue weighted by Crippen LogP contribution is 2.26. The van der Waals surface area contributed by atoms with Gasteiger partial charge in [-0.15, -0.1) is 0 Å². The monoisotopic (exact) mass is 407 g/mol. The van der Waals surface area contributed by atoms with Crippen LogP contribution >= 0.6 is 11.3 Å². The number of anilines is 1. The first-order valence-corrected chi connectivity index (χ1v) is 9.59. The molecule has 9 heteroatoms. The summed E-state index contributed by atoms with van der Waals surface area (Å²) >= 11 is 1.63. The molecule has 1 fully saturated rings. The Morgan fingerprint density at radius 1 is 1.29 bits per heavy atom. The number of hydrogen-bond donors (Lipinski definition) is 1. The van der Waals surface area contributed by atoms with Crippen LogP contribution in [0, 0.1) is 0 Å². The highest BCUT2D eigenvalue weighted by molar-refractivity contribution is 7.16. The molecule has 1 aliphatic heterocycles. The van der Waals surface area contributed by atoms with Crippen molar-refractivity contribution in [3.05, 3.63) is 35.2 Å². The van der Waals surface area contributed by atoms with Crippen molar-refractivity contribution in [2.24, 2.45) is 0 Å². The number of aromatic nitrogens is 2. The van der Waals surface area contributed by atoms with Gasteiger partial charge in [0.05, 0.1) is 20.4 Å². The molecule has 4 rings (SSSR count). The number of rotatable bonds is 5. The lowest BCUT2D eigenvalue weighted by Gasteiger charge is -2.25. The van der Waals surface area contributed by atoms with E-state index < -0.39 is 6.29 Å². The number of benzene rings is 1. The molecule has 1 atom stereocenters. The van der Waals surface area contributed by atoms with Crippen molar-refractivity contribution < 1.29 is 23.4 Å². The maximum absolute atomic E-state index is 9.50. The summed E-state index contributed by atoms with van der Waals surface area (Å²) in [5, 5.41) is 10.3. The number of aliphatic hydroxyl groups is 1. The van der Waals surface area contributed by atoms with E-state index in [2.05, 4.69) is 14.9 Å². The van der Waals surface area contributed by atoms with Gasteiger partial charge in [-0.1, -0.05) is 11.3 Å².